The fraction of sp³-hybridized carbons (Fsp3) is 0.639. The third kappa shape index (κ3) is 9.03. The number of hydrogen-bond donors (Lipinski definition) is 2. The number of aliphatic hydroxyl groups excluding tert-OH is 1. The van der Waals surface area contributed by atoms with Crippen molar-refractivity contribution in [2.45, 2.75) is 65.2 Å². The van der Waals surface area contributed by atoms with Gasteiger partial charge in [0.25, 0.3) is 5.91 Å². The van der Waals surface area contributed by atoms with E-state index in [1.807, 2.05) is 0 Å². The Morgan fingerprint density at radius 1 is 1.00 bits per heavy atom. The second-order valence-electron chi connectivity index (χ2n) is 14.5. The second kappa shape index (κ2) is 16.7. The van der Waals surface area contributed by atoms with Crippen LogP contribution in [0.4, 0.5) is 5.95 Å². The summed E-state index contributed by atoms with van der Waals surface area (Å²) in [7, 11) is 0. The molecule has 3 aliphatic rings. The van der Waals surface area contributed by atoms with Gasteiger partial charge in [0.1, 0.15) is 24.5 Å². The number of amides is 2. The maximum atomic E-state index is 13.3. The number of nitrogens with one attached hydrogen (secondary N) is 1. The molecule has 3 heterocycles. The van der Waals surface area contributed by atoms with Crippen LogP contribution in [0.3, 0.4) is 0 Å². The van der Waals surface area contributed by atoms with Crippen LogP contribution >= 0.6 is 11.6 Å². The molecule has 0 bridgehead atoms. The molecule has 1 aromatic heterocycles. The number of hydrogen-bond acceptors (Lipinski definition) is 11. The summed E-state index contributed by atoms with van der Waals surface area (Å²) < 4.78 is 17.5. The fourth-order valence-electron chi connectivity index (χ4n) is 7.56. The van der Waals surface area contributed by atoms with Crippen LogP contribution in [0.5, 0.6) is 5.75 Å². The van der Waals surface area contributed by atoms with E-state index in [-0.39, 0.29) is 47.5 Å². The zero-order valence-electron chi connectivity index (χ0n) is 29.6. The van der Waals surface area contributed by atoms with Crippen molar-refractivity contribution in [1.29, 1.82) is 5.26 Å². The molecule has 5 rings (SSSR count). The number of nitrogens with zero attached hydrogens (tertiary/aromatic N) is 6. The van der Waals surface area contributed by atoms with Crippen molar-refractivity contribution in [3.05, 3.63) is 46.7 Å². The number of carbonyl (C=O) groups excluding carboxylic acids is 2. The van der Waals surface area contributed by atoms with Gasteiger partial charge in [-0.25, -0.2) is 9.97 Å². The number of aromatic nitrogens is 2. The molecule has 2 amide bonds. The monoisotopic (exact) mass is 711 g/mol. The average Bonchev–Trinajstić information content (AvgIpc) is 3.11. The fourth-order valence-corrected chi connectivity index (χ4v) is 7.77. The number of rotatable bonds is 14. The van der Waals surface area contributed by atoms with Crippen LogP contribution in [0.2, 0.25) is 5.02 Å². The molecule has 1 aliphatic carbocycles. The minimum atomic E-state index is -0.373. The number of anilines is 1. The minimum absolute atomic E-state index is 0.0327. The zero-order chi connectivity index (χ0) is 35.9. The highest BCUT2D eigenvalue weighted by atomic mass is 35.5. The molecule has 13 nitrogen and oxygen atoms in total. The number of benzene rings is 1. The summed E-state index contributed by atoms with van der Waals surface area (Å²) in [5.74, 6) is 0.937. The Morgan fingerprint density at radius 3 is 2.30 bits per heavy atom. The molecule has 3 fully saturated rings. The van der Waals surface area contributed by atoms with E-state index in [4.69, 9.17) is 31.1 Å². The number of nitriles is 1. The first-order valence-corrected chi connectivity index (χ1v) is 17.9. The van der Waals surface area contributed by atoms with E-state index in [1.54, 1.807) is 35.5 Å². The van der Waals surface area contributed by atoms with E-state index in [2.05, 4.69) is 58.8 Å². The largest absolute Gasteiger partial charge is 0.489 e. The summed E-state index contributed by atoms with van der Waals surface area (Å²) in [6.45, 7) is 15.2. The molecule has 2 saturated heterocycles. The Labute approximate surface area is 299 Å². The summed E-state index contributed by atoms with van der Waals surface area (Å²) in [4.78, 5) is 40.8. The van der Waals surface area contributed by atoms with Gasteiger partial charge in [-0.15, -0.1) is 0 Å². The zero-order valence-corrected chi connectivity index (χ0v) is 30.3. The van der Waals surface area contributed by atoms with E-state index < -0.39 is 0 Å². The first kappa shape index (κ1) is 37.7. The third-order valence-corrected chi connectivity index (χ3v) is 10.5. The molecule has 272 valence electrons. The van der Waals surface area contributed by atoms with Gasteiger partial charge in [0.15, 0.2) is 0 Å². The Balaban J connectivity index is 0.974. The number of piperidine rings is 1. The van der Waals surface area contributed by atoms with Crippen LogP contribution in [-0.2, 0) is 14.3 Å². The van der Waals surface area contributed by atoms with Crippen molar-refractivity contribution in [3.63, 3.8) is 0 Å². The number of piperazine rings is 1. The molecule has 14 heteroatoms. The van der Waals surface area contributed by atoms with E-state index in [1.165, 1.54) is 0 Å². The molecule has 2 N–H and O–H groups in total. The molecule has 2 aliphatic heterocycles. The van der Waals surface area contributed by atoms with Gasteiger partial charge in [-0.2, -0.15) is 5.26 Å². The standard InChI is InChI=1S/C36H50ClN7O6/c1-35(2)32(36(3,4)33(35)50-28-7-6-25(21-38)29(37)20-28)41-31(47)26-22-39-34(40-23-26)44-15-13-42(14-16-44)10-5-17-48-18-19-49-24-30(46)43-11-8-27(45)9-12-43/h6-7,20,22-23,27,32-33,45H,5,8-19,24H2,1-4H3,(H,41,47). The lowest BCUT2D eigenvalue weighted by Gasteiger charge is -2.63. The first-order valence-electron chi connectivity index (χ1n) is 17.5. The Morgan fingerprint density at radius 2 is 1.66 bits per heavy atom. The van der Waals surface area contributed by atoms with Gasteiger partial charge in [0.2, 0.25) is 11.9 Å². The van der Waals surface area contributed by atoms with E-state index in [0.717, 1.165) is 39.1 Å². The molecule has 0 spiro atoms. The van der Waals surface area contributed by atoms with Crippen LogP contribution in [0.25, 0.3) is 0 Å². The quantitative estimate of drug-likeness (QED) is 0.278. The summed E-state index contributed by atoms with van der Waals surface area (Å²) >= 11 is 6.22. The van der Waals surface area contributed by atoms with Crippen LogP contribution in [-0.4, -0.2) is 127 Å². The van der Waals surface area contributed by atoms with Crippen molar-refractivity contribution in [2.75, 3.05) is 77.1 Å². The third-order valence-electron chi connectivity index (χ3n) is 10.2. The number of halogens is 1. The predicted octanol–water partition coefficient (Wildman–Crippen LogP) is 3.14. The Bertz CT molecular complexity index is 1490. The molecule has 1 aromatic carbocycles. The predicted molar refractivity (Wildman–Crippen MR) is 188 cm³/mol. The molecule has 1 saturated carbocycles. The molecule has 0 radical (unpaired) electrons. The number of likely N-dealkylation sites (tertiary alicyclic amines) is 1. The van der Waals surface area contributed by atoms with Crippen LogP contribution in [0.15, 0.2) is 30.6 Å². The van der Waals surface area contributed by atoms with Gasteiger partial charge in [-0.05, 0) is 31.4 Å². The minimum Gasteiger partial charge on any atom is -0.489 e. The van der Waals surface area contributed by atoms with Crippen LogP contribution in [0, 0.1) is 22.2 Å². The molecule has 50 heavy (non-hydrogen) atoms. The highest BCUT2D eigenvalue weighted by Gasteiger charge is 2.64. The molecular weight excluding hydrogens is 662 g/mol. The van der Waals surface area contributed by atoms with Crippen LogP contribution in [0.1, 0.15) is 62.9 Å². The van der Waals surface area contributed by atoms with Gasteiger partial charge < -0.3 is 34.4 Å². The van der Waals surface area contributed by atoms with Crippen molar-refractivity contribution in [3.8, 4) is 11.8 Å². The van der Waals surface area contributed by atoms with Gasteiger partial charge in [-0.3, -0.25) is 14.5 Å². The maximum absolute atomic E-state index is 13.3. The highest BCUT2D eigenvalue weighted by Crippen LogP contribution is 2.55. The normalized spacial score (nSPS) is 22.0. The summed E-state index contributed by atoms with van der Waals surface area (Å²) in [6.07, 6.45) is 4.84. The van der Waals surface area contributed by atoms with Crippen molar-refractivity contribution >= 4 is 29.4 Å². The average molecular weight is 712 g/mol. The smallest absolute Gasteiger partial charge is 0.254 e. The summed E-state index contributed by atoms with van der Waals surface area (Å²) in [5.41, 5.74) is 0.0535. The van der Waals surface area contributed by atoms with E-state index >= 15 is 0 Å². The van der Waals surface area contributed by atoms with Crippen molar-refractivity contribution in [2.24, 2.45) is 10.8 Å². The number of ether oxygens (including phenoxy) is 3. The second-order valence-corrected chi connectivity index (χ2v) is 14.9. The first-order chi connectivity index (χ1) is 23.9. The van der Waals surface area contributed by atoms with Crippen molar-refractivity contribution < 1.29 is 28.9 Å². The number of carbonyl (C=O) groups is 2. The van der Waals surface area contributed by atoms with Gasteiger partial charge in [0, 0.05) is 87.8 Å². The summed E-state index contributed by atoms with van der Waals surface area (Å²) in [6, 6.07) is 6.95. The molecule has 2 aromatic rings. The molecule has 0 atom stereocenters. The topological polar surface area (TPSA) is 153 Å². The maximum Gasteiger partial charge on any atom is 0.254 e. The number of aliphatic hydroxyl groups is 1. The van der Waals surface area contributed by atoms with E-state index in [0.29, 0.717) is 73.6 Å². The van der Waals surface area contributed by atoms with Gasteiger partial charge in [0.05, 0.1) is 35.5 Å². The highest BCUT2D eigenvalue weighted by molar-refractivity contribution is 6.31. The molecule has 0 unspecified atom stereocenters. The van der Waals surface area contributed by atoms with Gasteiger partial charge in [-0.1, -0.05) is 39.3 Å². The lowest BCUT2D eigenvalue weighted by atomic mass is 9.49. The molecular formula is C36H50ClN7O6. The van der Waals surface area contributed by atoms with Crippen molar-refractivity contribution in [1.82, 2.24) is 25.1 Å². The lowest BCUT2D eigenvalue weighted by Crippen LogP contribution is -2.74. The van der Waals surface area contributed by atoms with Gasteiger partial charge >= 0.3 is 0 Å². The lowest BCUT2D eigenvalue weighted by molar-refractivity contribution is -0.164. The Hall–Kier alpha value is -3.54. The Kier molecular flexibility index (Phi) is 12.6. The summed E-state index contributed by atoms with van der Waals surface area (Å²) in [5, 5.41) is 22.3. The SMILES string of the molecule is CC1(C)C(NC(=O)c2cnc(N3CCN(CCCOCCOCC(=O)N4CCC(O)CC4)CC3)nc2)C(C)(C)C1Oc1ccc(C#N)c(Cl)c1. The van der Waals surface area contributed by atoms with Crippen LogP contribution < -0.4 is 15.0 Å². The van der Waals surface area contributed by atoms with E-state index in [9.17, 15) is 14.7 Å².